The number of carbonyl (C=O) groups is 3. The van der Waals surface area contributed by atoms with Gasteiger partial charge < -0.3 is 25.8 Å². The summed E-state index contributed by atoms with van der Waals surface area (Å²) in [5, 5.41) is 11.9. The Morgan fingerprint density at radius 3 is 2.48 bits per heavy atom. The van der Waals surface area contributed by atoms with Crippen LogP contribution in [0.4, 0.5) is 4.79 Å². The van der Waals surface area contributed by atoms with E-state index in [-0.39, 0.29) is 19.7 Å². The van der Waals surface area contributed by atoms with Crippen molar-refractivity contribution in [3.8, 4) is 0 Å². The second kappa shape index (κ2) is 7.26. The molecule has 120 valence electrons. The van der Waals surface area contributed by atoms with E-state index < -0.39 is 29.4 Å². The smallest absolute Gasteiger partial charge is 0.318 e. The fourth-order valence-electron chi connectivity index (χ4n) is 2.31. The predicted octanol–water partition coefficient (Wildman–Crippen LogP) is -0.227. The number of aliphatic carboxylic acids is 1. The molecule has 0 aromatic heterocycles. The molecular weight excluding hydrogens is 278 g/mol. The number of ether oxygens (including phenoxy) is 1. The minimum atomic E-state index is -0.996. The fourth-order valence-corrected chi connectivity index (χ4v) is 2.31. The minimum absolute atomic E-state index is 0.0109. The highest BCUT2D eigenvalue weighted by Crippen LogP contribution is 2.25. The lowest BCUT2D eigenvalue weighted by Gasteiger charge is -2.35. The Balaban J connectivity index is 2.71. The molecule has 0 aliphatic carbocycles. The molecule has 21 heavy (non-hydrogen) atoms. The number of primary amides is 1. The van der Waals surface area contributed by atoms with E-state index >= 15 is 0 Å². The van der Waals surface area contributed by atoms with Gasteiger partial charge in [0.1, 0.15) is 6.04 Å². The lowest BCUT2D eigenvalue weighted by atomic mass is 9.82. The Kier molecular flexibility index (Phi) is 5.95. The van der Waals surface area contributed by atoms with Gasteiger partial charge >= 0.3 is 12.0 Å². The van der Waals surface area contributed by atoms with Crippen LogP contribution in [-0.2, 0) is 14.3 Å². The molecular formula is C13H23N3O5. The van der Waals surface area contributed by atoms with Gasteiger partial charge in [0.05, 0.1) is 18.6 Å². The van der Waals surface area contributed by atoms with E-state index in [1.807, 2.05) is 0 Å². The molecule has 1 heterocycles. The van der Waals surface area contributed by atoms with E-state index in [9.17, 15) is 19.5 Å². The van der Waals surface area contributed by atoms with Crippen LogP contribution in [0.1, 0.15) is 26.7 Å². The van der Waals surface area contributed by atoms with Gasteiger partial charge in [-0.1, -0.05) is 13.8 Å². The predicted molar refractivity (Wildman–Crippen MR) is 74.6 cm³/mol. The van der Waals surface area contributed by atoms with Gasteiger partial charge in [-0.05, 0) is 12.8 Å². The number of hydrogen-bond acceptors (Lipinski definition) is 4. The molecule has 0 bridgehead atoms. The SMILES string of the molecule is CCC(CC)(CNC(=O)N1CCOCC1C(N)=O)C(=O)O. The van der Waals surface area contributed by atoms with Gasteiger partial charge in [-0.2, -0.15) is 0 Å². The molecule has 1 rings (SSSR count). The molecule has 0 aromatic carbocycles. The number of morpholine rings is 1. The monoisotopic (exact) mass is 301 g/mol. The maximum absolute atomic E-state index is 12.2. The molecule has 1 aliphatic rings. The summed E-state index contributed by atoms with van der Waals surface area (Å²) < 4.78 is 5.13. The van der Waals surface area contributed by atoms with Crippen LogP contribution in [0, 0.1) is 5.41 Å². The van der Waals surface area contributed by atoms with Crippen molar-refractivity contribution in [3.05, 3.63) is 0 Å². The van der Waals surface area contributed by atoms with Crippen molar-refractivity contribution in [1.82, 2.24) is 10.2 Å². The largest absolute Gasteiger partial charge is 0.481 e. The van der Waals surface area contributed by atoms with E-state index in [1.54, 1.807) is 13.8 Å². The summed E-state index contributed by atoms with van der Waals surface area (Å²) in [6, 6.07) is -1.31. The quantitative estimate of drug-likeness (QED) is 0.625. The number of rotatable bonds is 6. The van der Waals surface area contributed by atoms with Crippen LogP contribution >= 0.6 is 0 Å². The molecule has 3 amide bonds. The van der Waals surface area contributed by atoms with Crippen molar-refractivity contribution in [1.29, 1.82) is 0 Å². The van der Waals surface area contributed by atoms with Crippen LogP contribution in [0.25, 0.3) is 0 Å². The van der Waals surface area contributed by atoms with Gasteiger partial charge in [0.25, 0.3) is 0 Å². The van der Waals surface area contributed by atoms with Gasteiger partial charge in [-0.25, -0.2) is 4.79 Å². The summed E-state index contributed by atoms with van der Waals surface area (Å²) in [5.74, 6) is -1.58. The van der Waals surface area contributed by atoms with Gasteiger partial charge in [0.2, 0.25) is 5.91 Å². The van der Waals surface area contributed by atoms with Gasteiger partial charge in [0, 0.05) is 13.1 Å². The molecule has 1 atom stereocenters. The number of nitrogens with one attached hydrogen (secondary N) is 1. The second-order valence-corrected chi connectivity index (χ2v) is 5.14. The lowest BCUT2D eigenvalue weighted by Crippen LogP contribution is -2.58. The number of nitrogens with two attached hydrogens (primary N) is 1. The Hall–Kier alpha value is -1.83. The first kappa shape index (κ1) is 17.2. The van der Waals surface area contributed by atoms with Crippen molar-refractivity contribution in [2.24, 2.45) is 11.1 Å². The summed E-state index contributed by atoms with van der Waals surface area (Å²) in [6.07, 6.45) is 0.808. The van der Waals surface area contributed by atoms with Gasteiger partial charge in [-0.3, -0.25) is 9.59 Å². The summed E-state index contributed by atoms with van der Waals surface area (Å²) >= 11 is 0. The van der Waals surface area contributed by atoms with E-state index in [0.29, 0.717) is 19.4 Å². The highest BCUT2D eigenvalue weighted by molar-refractivity contribution is 5.86. The third kappa shape index (κ3) is 3.84. The number of carboxylic acid groups (broad SMARTS) is 1. The Labute approximate surface area is 123 Å². The molecule has 8 nitrogen and oxygen atoms in total. The van der Waals surface area contributed by atoms with Crippen LogP contribution in [0.2, 0.25) is 0 Å². The van der Waals surface area contributed by atoms with Crippen LogP contribution < -0.4 is 11.1 Å². The van der Waals surface area contributed by atoms with Crippen molar-refractivity contribution < 1.29 is 24.2 Å². The van der Waals surface area contributed by atoms with E-state index in [0.717, 1.165) is 0 Å². The topological polar surface area (TPSA) is 122 Å². The molecule has 0 aromatic rings. The third-order valence-electron chi connectivity index (χ3n) is 4.10. The number of nitrogens with zero attached hydrogens (tertiary/aromatic N) is 1. The maximum Gasteiger partial charge on any atom is 0.318 e. The number of urea groups is 1. The molecule has 1 unspecified atom stereocenters. The van der Waals surface area contributed by atoms with Crippen LogP contribution in [0.5, 0.6) is 0 Å². The van der Waals surface area contributed by atoms with Crippen LogP contribution in [0.15, 0.2) is 0 Å². The Morgan fingerprint density at radius 2 is 2.00 bits per heavy atom. The molecule has 0 radical (unpaired) electrons. The summed E-state index contributed by atoms with van der Waals surface area (Å²) in [5.41, 5.74) is 4.25. The fraction of sp³-hybridized carbons (Fsp3) is 0.769. The van der Waals surface area contributed by atoms with E-state index in [4.69, 9.17) is 10.5 Å². The molecule has 0 saturated carbocycles. The second-order valence-electron chi connectivity index (χ2n) is 5.14. The molecule has 1 saturated heterocycles. The first-order valence-electron chi connectivity index (χ1n) is 7.03. The minimum Gasteiger partial charge on any atom is -0.481 e. The molecule has 1 fully saturated rings. The highest BCUT2D eigenvalue weighted by Gasteiger charge is 2.37. The maximum atomic E-state index is 12.2. The zero-order valence-corrected chi connectivity index (χ0v) is 12.4. The van der Waals surface area contributed by atoms with Gasteiger partial charge in [0.15, 0.2) is 0 Å². The van der Waals surface area contributed by atoms with Crippen molar-refractivity contribution >= 4 is 17.9 Å². The standard InChI is InChI=1S/C13H23N3O5/c1-3-13(4-2,11(18)19)8-15-12(20)16-5-6-21-7-9(16)10(14)17/h9H,3-8H2,1-2H3,(H2,14,17)(H,15,20)(H,18,19). The Morgan fingerprint density at radius 1 is 1.38 bits per heavy atom. The normalized spacial score (nSPS) is 19.1. The summed E-state index contributed by atoms with van der Waals surface area (Å²) in [4.78, 5) is 36.2. The Bertz CT molecular complexity index is 409. The van der Waals surface area contributed by atoms with Crippen molar-refractivity contribution in [2.75, 3.05) is 26.3 Å². The van der Waals surface area contributed by atoms with Crippen molar-refractivity contribution in [3.63, 3.8) is 0 Å². The lowest BCUT2D eigenvalue weighted by molar-refractivity contribution is -0.149. The third-order valence-corrected chi connectivity index (χ3v) is 4.10. The van der Waals surface area contributed by atoms with E-state index in [1.165, 1.54) is 4.90 Å². The molecule has 0 spiro atoms. The first-order valence-corrected chi connectivity index (χ1v) is 7.03. The number of amides is 3. The molecule has 8 heteroatoms. The zero-order chi connectivity index (χ0) is 16.0. The average molecular weight is 301 g/mol. The number of carbonyl (C=O) groups excluding carboxylic acids is 2. The summed E-state index contributed by atoms with van der Waals surface area (Å²) in [7, 11) is 0. The van der Waals surface area contributed by atoms with Crippen molar-refractivity contribution in [2.45, 2.75) is 32.7 Å². The van der Waals surface area contributed by atoms with Crippen LogP contribution in [0.3, 0.4) is 0 Å². The first-order chi connectivity index (χ1) is 9.88. The number of hydrogen-bond donors (Lipinski definition) is 3. The average Bonchev–Trinajstić information content (AvgIpc) is 2.48. The molecule has 1 aliphatic heterocycles. The zero-order valence-electron chi connectivity index (χ0n) is 12.4. The number of carboxylic acids is 1. The summed E-state index contributed by atoms with van der Waals surface area (Å²) in [6.45, 7) is 4.18. The van der Waals surface area contributed by atoms with E-state index in [2.05, 4.69) is 5.32 Å². The highest BCUT2D eigenvalue weighted by atomic mass is 16.5. The van der Waals surface area contributed by atoms with Gasteiger partial charge in [-0.15, -0.1) is 0 Å². The van der Waals surface area contributed by atoms with Crippen LogP contribution in [-0.4, -0.2) is 60.3 Å². The molecule has 4 N–H and O–H groups in total.